The maximum atomic E-state index is 13.5. The number of fused-ring (bicyclic) bond motifs is 1. The van der Waals surface area contributed by atoms with E-state index in [0.29, 0.717) is 12.2 Å². The van der Waals surface area contributed by atoms with Crippen LogP contribution in [-0.2, 0) is 11.3 Å². The Kier molecular flexibility index (Phi) is 5.37. The Hall–Kier alpha value is -4.19. The van der Waals surface area contributed by atoms with Crippen LogP contribution in [0.5, 0.6) is 5.75 Å². The van der Waals surface area contributed by atoms with E-state index in [4.69, 9.17) is 0 Å². The molecule has 0 unspecified atom stereocenters. The van der Waals surface area contributed by atoms with Crippen LogP contribution in [-0.4, -0.2) is 22.6 Å². The van der Waals surface area contributed by atoms with Gasteiger partial charge in [-0.25, -0.2) is 0 Å². The first-order chi connectivity index (χ1) is 15.0. The summed E-state index contributed by atoms with van der Waals surface area (Å²) in [5, 5.41) is 13.0. The van der Waals surface area contributed by atoms with Crippen LogP contribution in [0.25, 0.3) is 0 Å². The van der Waals surface area contributed by atoms with Gasteiger partial charge in [-0.05, 0) is 17.7 Å². The molecule has 0 radical (unpaired) electrons. The summed E-state index contributed by atoms with van der Waals surface area (Å²) in [7, 11) is 0. The standard InChI is InChI=1S/C25H20N2O4/c1-16(28)27(18-10-7-11-19(29)14-18)23-22(26-15-17-8-3-2-4-9-17)24(30)20-12-5-6-13-21(20)25(23)31/h2-14,26,29H,15H2,1H3. The number of rotatable bonds is 5. The van der Waals surface area contributed by atoms with E-state index in [1.165, 1.54) is 24.0 Å². The highest BCUT2D eigenvalue weighted by atomic mass is 16.3. The van der Waals surface area contributed by atoms with Crippen molar-refractivity contribution in [1.29, 1.82) is 0 Å². The second-order valence-electron chi connectivity index (χ2n) is 7.14. The molecular weight excluding hydrogens is 392 g/mol. The molecule has 3 aromatic rings. The molecule has 0 saturated heterocycles. The number of amides is 1. The van der Waals surface area contributed by atoms with Gasteiger partial charge >= 0.3 is 0 Å². The molecule has 4 rings (SSSR count). The number of Topliss-reactive ketones (excluding diaryl/α,β-unsaturated/α-hetero) is 2. The van der Waals surface area contributed by atoms with Gasteiger partial charge in [0.1, 0.15) is 17.1 Å². The summed E-state index contributed by atoms with van der Waals surface area (Å²) in [4.78, 5) is 40.7. The van der Waals surface area contributed by atoms with Gasteiger partial charge in [-0.15, -0.1) is 0 Å². The molecule has 0 spiro atoms. The second-order valence-corrected chi connectivity index (χ2v) is 7.14. The summed E-state index contributed by atoms with van der Waals surface area (Å²) in [6, 6.07) is 22.0. The summed E-state index contributed by atoms with van der Waals surface area (Å²) in [6.07, 6.45) is 0. The number of hydrogen-bond acceptors (Lipinski definition) is 5. The van der Waals surface area contributed by atoms with Crippen molar-refractivity contribution in [2.45, 2.75) is 13.5 Å². The molecule has 1 amide bonds. The zero-order valence-electron chi connectivity index (χ0n) is 16.8. The zero-order chi connectivity index (χ0) is 22.0. The zero-order valence-corrected chi connectivity index (χ0v) is 16.8. The number of ketones is 2. The quantitative estimate of drug-likeness (QED) is 0.665. The minimum atomic E-state index is -0.458. The molecule has 0 heterocycles. The molecular formula is C25H20N2O4. The maximum absolute atomic E-state index is 13.5. The van der Waals surface area contributed by atoms with Gasteiger partial charge in [0.2, 0.25) is 17.5 Å². The Balaban J connectivity index is 1.88. The van der Waals surface area contributed by atoms with Gasteiger partial charge in [-0.2, -0.15) is 0 Å². The van der Waals surface area contributed by atoms with Gasteiger partial charge in [0.05, 0.1) is 5.69 Å². The topological polar surface area (TPSA) is 86.7 Å². The maximum Gasteiger partial charge on any atom is 0.228 e. The first-order valence-corrected chi connectivity index (χ1v) is 9.77. The molecule has 31 heavy (non-hydrogen) atoms. The lowest BCUT2D eigenvalue weighted by Crippen LogP contribution is -2.40. The Bertz CT molecular complexity index is 1210. The lowest BCUT2D eigenvalue weighted by Gasteiger charge is -2.29. The van der Waals surface area contributed by atoms with Gasteiger partial charge in [0.15, 0.2) is 0 Å². The summed E-state index contributed by atoms with van der Waals surface area (Å²) < 4.78 is 0. The molecule has 2 N–H and O–H groups in total. The van der Waals surface area contributed by atoms with Gasteiger partial charge in [0, 0.05) is 30.7 Å². The van der Waals surface area contributed by atoms with Crippen LogP contribution in [0.3, 0.4) is 0 Å². The monoisotopic (exact) mass is 412 g/mol. The van der Waals surface area contributed by atoms with Gasteiger partial charge < -0.3 is 10.4 Å². The lowest BCUT2D eigenvalue weighted by molar-refractivity contribution is -0.116. The van der Waals surface area contributed by atoms with Crippen LogP contribution in [0.4, 0.5) is 5.69 Å². The lowest BCUT2D eigenvalue weighted by atomic mass is 9.89. The first kappa shape index (κ1) is 20.1. The Labute approximate surface area is 179 Å². The van der Waals surface area contributed by atoms with Crippen molar-refractivity contribution >= 4 is 23.2 Å². The molecule has 3 aromatic carbocycles. The predicted molar refractivity (Wildman–Crippen MR) is 117 cm³/mol. The fourth-order valence-corrected chi connectivity index (χ4v) is 3.63. The summed E-state index contributed by atoms with van der Waals surface area (Å²) in [5.74, 6) is -1.32. The van der Waals surface area contributed by atoms with Crippen molar-refractivity contribution in [3.63, 3.8) is 0 Å². The first-order valence-electron chi connectivity index (χ1n) is 9.77. The van der Waals surface area contributed by atoms with E-state index in [9.17, 15) is 19.5 Å². The molecule has 0 fully saturated rings. The van der Waals surface area contributed by atoms with E-state index in [1.54, 1.807) is 36.4 Å². The number of nitrogens with one attached hydrogen (secondary N) is 1. The van der Waals surface area contributed by atoms with Crippen LogP contribution in [0.1, 0.15) is 33.2 Å². The molecule has 0 aromatic heterocycles. The molecule has 6 nitrogen and oxygen atoms in total. The normalized spacial score (nSPS) is 13.1. The molecule has 0 atom stereocenters. The van der Waals surface area contributed by atoms with Crippen LogP contribution >= 0.6 is 0 Å². The highest BCUT2D eigenvalue weighted by molar-refractivity contribution is 6.29. The Morgan fingerprint density at radius 2 is 1.52 bits per heavy atom. The van der Waals surface area contributed by atoms with Crippen molar-refractivity contribution in [3.8, 4) is 5.75 Å². The molecule has 0 saturated carbocycles. The number of hydrogen-bond donors (Lipinski definition) is 2. The van der Waals surface area contributed by atoms with Gasteiger partial charge in [-0.3, -0.25) is 19.3 Å². The largest absolute Gasteiger partial charge is 0.508 e. The summed E-state index contributed by atoms with van der Waals surface area (Å²) in [6.45, 7) is 1.61. The number of phenols is 1. The molecule has 154 valence electrons. The Morgan fingerprint density at radius 3 is 2.16 bits per heavy atom. The third-order valence-corrected chi connectivity index (χ3v) is 5.03. The number of anilines is 1. The fourth-order valence-electron chi connectivity index (χ4n) is 3.63. The second kappa shape index (κ2) is 8.28. The molecule has 1 aliphatic carbocycles. The minimum Gasteiger partial charge on any atom is -0.508 e. The van der Waals surface area contributed by atoms with Crippen LogP contribution < -0.4 is 10.2 Å². The summed E-state index contributed by atoms with van der Waals surface area (Å²) in [5.41, 5.74) is 1.72. The van der Waals surface area contributed by atoms with Gasteiger partial charge in [0.25, 0.3) is 0 Å². The van der Waals surface area contributed by atoms with Crippen LogP contribution in [0, 0.1) is 0 Å². The summed E-state index contributed by atoms with van der Waals surface area (Å²) >= 11 is 0. The Morgan fingerprint density at radius 1 is 0.871 bits per heavy atom. The number of carbonyl (C=O) groups excluding carboxylic acids is 3. The third-order valence-electron chi connectivity index (χ3n) is 5.03. The highest BCUT2D eigenvalue weighted by Crippen LogP contribution is 2.32. The molecule has 0 bridgehead atoms. The van der Waals surface area contributed by atoms with Crippen molar-refractivity contribution in [2.24, 2.45) is 0 Å². The van der Waals surface area contributed by atoms with Crippen molar-refractivity contribution in [3.05, 3.63) is 107 Å². The van der Waals surface area contributed by atoms with E-state index in [0.717, 1.165) is 5.56 Å². The van der Waals surface area contributed by atoms with Crippen LogP contribution in [0.15, 0.2) is 90.3 Å². The number of nitrogens with zero attached hydrogens (tertiary/aromatic N) is 1. The smallest absolute Gasteiger partial charge is 0.228 e. The van der Waals surface area contributed by atoms with E-state index in [1.807, 2.05) is 30.3 Å². The number of carbonyl (C=O) groups is 3. The molecule has 1 aliphatic rings. The average molecular weight is 412 g/mol. The molecule has 0 aliphatic heterocycles. The van der Waals surface area contributed by atoms with Crippen LogP contribution in [0.2, 0.25) is 0 Å². The fraction of sp³-hybridized carbons (Fsp3) is 0.0800. The molecule has 6 heteroatoms. The van der Waals surface area contributed by atoms with E-state index < -0.39 is 11.7 Å². The highest BCUT2D eigenvalue weighted by Gasteiger charge is 2.37. The van der Waals surface area contributed by atoms with E-state index in [2.05, 4.69) is 5.32 Å². The van der Waals surface area contributed by atoms with E-state index >= 15 is 0 Å². The predicted octanol–water partition coefficient (Wildman–Crippen LogP) is 3.83. The van der Waals surface area contributed by atoms with Crippen molar-refractivity contribution < 1.29 is 19.5 Å². The number of aromatic hydroxyl groups is 1. The van der Waals surface area contributed by atoms with Crippen molar-refractivity contribution in [2.75, 3.05) is 4.90 Å². The number of phenolic OH excluding ortho intramolecular Hbond substituents is 1. The number of allylic oxidation sites excluding steroid dienone is 2. The van der Waals surface area contributed by atoms with E-state index in [-0.39, 0.29) is 34.1 Å². The average Bonchev–Trinajstić information content (AvgIpc) is 2.77. The van der Waals surface area contributed by atoms with Gasteiger partial charge in [-0.1, -0.05) is 60.7 Å². The minimum absolute atomic E-state index is 0.0473. The van der Waals surface area contributed by atoms with Crippen molar-refractivity contribution in [1.82, 2.24) is 5.32 Å². The number of benzene rings is 3. The SMILES string of the molecule is CC(=O)N(C1=C(NCc2ccccc2)C(=O)c2ccccc2C1=O)c1cccc(O)c1. The third kappa shape index (κ3) is 3.83.